The Balaban J connectivity index is 1.20. The summed E-state index contributed by atoms with van der Waals surface area (Å²) in [6.45, 7) is 4.29. The number of hydrogen-bond acceptors (Lipinski definition) is 3. The summed E-state index contributed by atoms with van der Waals surface area (Å²) in [5.41, 5.74) is 4.73. The van der Waals surface area contributed by atoms with E-state index in [0.717, 1.165) is 29.7 Å². The molecule has 1 fully saturated rings. The predicted molar refractivity (Wildman–Crippen MR) is 113 cm³/mol. The van der Waals surface area contributed by atoms with Gasteiger partial charge >= 0.3 is 4.87 Å². The van der Waals surface area contributed by atoms with Crippen LogP contribution < -0.4 is 4.87 Å². The second-order valence-electron chi connectivity index (χ2n) is 8.12. The van der Waals surface area contributed by atoms with E-state index in [2.05, 4.69) is 35.2 Å². The van der Waals surface area contributed by atoms with Crippen LogP contribution in [0.2, 0.25) is 0 Å². The fourth-order valence-corrected chi connectivity index (χ4v) is 6.08. The molecule has 0 bridgehead atoms. The number of benzene rings is 2. The number of aromatic nitrogens is 1. The van der Waals surface area contributed by atoms with Gasteiger partial charge in [0.1, 0.15) is 0 Å². The van der Waals surface area contributed by atoms with Crippen LogP contribution in [-0.4, -0.2) is 29.1 Å². The second kappa shape index (κ2) is 6.92. The number of hydrogen-bond donors (Lipinski definition) is 0. The summed E-state index contributed by atoms with van der Waals surface area (Å²) in [5.74, 6) is 0. The van der Waals surface area contributed by atoms with E-state index >= 15 is 0 Å². The highest BCUT2D eigenvalue weighted by Crippen LogP contribution is 2.46. The first-order chi connectivity index (χ1) is 13.3. The molecule has 3 nitrogen and oxygen atoms in total. The van der Waals surface area contributed by atoms with E-state index in [1.807, 2.05) is 22.8 Å². The van der Waals surface area contributed by atoms with Crippen molar-refractivity contribution in [1.82, 2.24) is 9.47 Å². The van der Waals surface area contributed by atoms with E-state index in [1.165, 1.54) is 50.1 Å². The van der Waals surface area contributed by atoms with Crippen LogP contribution in [0.25, 0.3) is 10.2 Å². The molecular formula is C23H26N2OS. The number of likely N-dealkylation sites (tertiary alicyclic amines) is 1. The van der Waals surface area contributed by atoms with Crippen LogP contribution in [0.3, 0.4) is 0 Å². The molecule has 140 valence electrons. The Morgan fingerprint density at radius 3 is 2.59 bits per heavy atom. The molecule has 27 heavy (non-hydrogen) atoms. The van der Waals surface area contributed by atoms with Gasteiger partial charge in [0, 0.05) is 6.54 Å². The SMILES string of the molecule is O=c1sc2ccccc2n1CCCN1CCC2(CCc3ccccc32)CC1. The third-order valence-electron chi connectivity index (χ3n) is 6.70. The third kappa shape index (κ3) is 3.05. The minimum absolute atomic E-state index is 0.177. The highest BCUT2D eigenvalue weighted by Gasteiger charge is 2.40. The number of aryl methyl sites for hydroxylation is 2. The van der Waals surface area contributed by atoms with Gasteiger partial charge < -0.3 is 4.90 Å². The Kier molecular flexibility index (Phi) is 4.41. The van der Waals surface area contributed by atoms with Crippen LogP contribution in [0, 0.1) is 0 Å². The van der Waals surface area contributed by atoms with Crippen molar-refractivity contribution in [2.75, 3.05) is 19.6 Å². The molecule has 1 aromatic heterocycles. The summed E-state index contributed by atoms with van der Waals surface area (Å²) in [6, 6.07) is 17.2. The fraction of sp³-hybridized carbons (Fsp3) is 0.435. The van der Waals surface area contributed by atoms with Gasteiger partial charge in [0.05, 0.1) is 10.2 Å². The van der Waals surface area contributed by atoms with Gasteiger partial charge in [-0.25, -0.2) is 0 Å². The summed E-state index contributed by atoms with van der Waals surface area (Å²) in [4.78, 5) is 15.1. The third-order valence-corrected chi connectivity index (χ3v) is 7.66. The van der Waals surface area contributed by atoms with E-state index < -0.39 is 0 Å². The summed E-state index contributed by atoms with van der Waals surface area (Å²) in [5, 5.41) is 0. The van der Waals surface area contributed by atoms with Gasteiger partial charge in [-0.15, -0.1) is 0 Å². The molecule has 1 aliphatic heterocycles. The fourth-order valence-electron chi connectivity index (χ4n) is 5.17. The normalized spacial score (nSPS) is 19.0. The molecular weight excluding hydrogens is 352 g/mol. The number of fused-ring (bicyclic) bond motifs is 3. The number of nitrogens with zero attached hydrogens (tertiary/aromatic N) is 2. The molecule has 3 aromatic rings. The lowest BCUT2D eigenvalue weighted by Crippen LogP contribution is -2.42. The molecule has 5 rings (SSSR count). The molecule has 0 radical (unpaired) electrons. The van der Waals surface area contributed by atoms with Crippen LogP contribution in [0.5, 0.6) is 0 Å². The molecule has 2 aliphatic rings. The Hall–Kier alpha value is -1.91. The van der Waals surface area contributed by atoms with Crippen molar-refractivity contribution in [1.29, 1.82) is 0 Å². The number of rotatable bonds is 4. The van der Waals surface area contributed by atoms with E-state index in [4.69, 9.17) is 0 Å². The first-order valence-electron chi connectivity index (χ1n) is 10.1. The van der Waals surface area contributed by atoms with Gasteiger partial charge in [-0.1, -0.05) is 47.7 Å². The lowest BCUT2D eigenvalue weighted by molar-refractivity contribution is 0.155. The summed E-state index contributed by atoms with van der Waals surface area (Å²) in [6.07, 6.45) is 6.20. The highest BCUT2D eigenvalue weighted by atomic mass is 32.1. The Morgan fingerprint density at radius 2 is 1.70 bits per heavy atom. The monoisotopic (exact) mass is 378 g/mol. The van der Waals surface area contributed by atoms with Crippen LogP contribution in [0.1, 0.15) is 36.8 Å². The van der Waals surface area contributed by atoms with Crippen LogP contribution >= 0.6 is 11.3 Å². The number of para-hydroxylation sites is 1. The van der Waals surface area contributed by atoms with Crippen molar-refractivity contribution in [3.63, 3.8) is 0 Å². The Morgan fingerprint density at radius 1 is 0.926 bits per heavy atom. The van der Waals surface area contributed by atoms with Crippen molar-refractivity contribution in [2.45, 2.75) is 44.1 Å². The van der Waals surface area contributed by atoms with Gasteiger partial charge in [0.15, 0.2) is 0 Å². The van der Waals surface area contributed by atoms with E-state index in [0.29, 0.717) is 5.41 Å². The van der Waals surface area contributed by atoms with Crippen molar-refractivity contribution in [3.8, 4) is 0 Å². The zero-order chi connectivity index (χ0) is 18.3. The number of piperidine rings is 1. The zero-order valence-corrected chi connectivity index (χ0v) is 16.5. The molecule has 0 amide bonds. The molecule has 0 N–H and O–H groups in total. The molecule has 4 heteroatoms. The first kappa shape index (κ1) is 17.2. The second-order valence-corrected chi connectivity index (χ2v) is 9.11. The Labute approximate surface area is 164 Å². The van der Waals surface area contributed by atoms with Crippen molar-refractivity contribution in [2.24, 2.45) is 0 Å². The van der Waals surface area contributed by atoms with E-state index in [1.54, 1.807) is 11.1 Å². The van der Waals surface area contributed by atoms with Crippen molar-refractivity contribution >= 4 is 21.6 Å². The molecule has 2 aromatic carbocycles. The minimum Gasteiger partial charge on any atom is -0.303 e. The van der Waals surface area contributed by atoms with Crippen molar-refractivity contribution < 1.29 is 0 Å². The predicted octanol–water partition coefficient (Wildman–Crippen LogP) is 4.43. The lowest BCUT2D eigenvalue weighted by Gasteiger charge is -2.40. The van der Waals surface area contributed by atoms with Gasteiger partial charge in [-0.05, 0) is 80.4 Å². The summed E-state index contributed by atoms with van der Waals surface area (Å²) < 4.78 is 3.06. The molecule has 0 saturated carbocycles. The minimum atomic E-state index is 0.177. The van der Waals surface area contributed by atoms with Crippen LogP contribution in [0.15, 0.2) is 53.3 Å². The molecule has 2 heterocycles. The van der Waals surface area contributed by atoms with Gasteiger partial charge in [-0.3, -0.25) is 9.36 Å². The number of thiazole rings is 1. The van der Waals surface area contributed by atoms with Crippen molar-refractivity contribution in [3.05, 3.63) is 69.3 Å². The zero-order valence-electron chi connectivity index (χ0n) is 15.7. The summed E-state index contributed by atoms with van der Waals surface area (Å²) in [7, 11) is 0. The standard InChI is InChI=1S/C23H26N2OS/c26-22-25(20-8-3-4-9-21(20)27-22)15-5-14-24-16-12-23(13-17-24)11-10-18-6-1-2-7-19(18)23/h1-4,6-9H,5,10-17H2. The van der Waals surface area contributed by atoms with E-state index in [-0.39, 0.29) is 4.87 Å². The molecule has 1 saturated heterocycles. The average molecular weight is 379 g/mol. The van der Waals surface area contributed by atoms with Gasteiger partial charge in [0.25, 0.3) is 0 Å². The van der Waals surface area contributed by atoms with E-state index in [9.17, 15) is 4.79 Å². The smallest absolute Gasteiger partial charge is 0.303 e. The highest BCUT2D eigenvalue weighted by molar-refractivity contribution is 7.16. The van der Waals surface area contributed by atoms with Crippen LogP contribution in [0.4, 0.5) is 0 Å². The maximum absolute atomic E-state index is 12.3. The molecule has 1 spiro atoms. The molecule has 0 unspecified atom stereocenters. The summed E-state index contributed by atoms with van der Waals surface area (Å²) >= 11 is 1.36. The average Bonchev–Trinajstić information content (AvgIpc) is 3.22. The topological polar surface area (TPSA) is 25.2 Å². The first-order valence-corrected chi connectivity index (χ1v) is 11.0. The molecule has 1 aliphatic carbocycles. The van der Waals surface area contributed by atoms with Gasteiger partial charge in [-0.2, -0.15) is 0 Å². The quantitative estimate of drug-likeness (QED) is 0.671. The maximum Gasteiger partial charge on any atom is 0.308 e. The maximum atomic E-state index is 12.3. The largest absolute Gasteiger partial charge is 0.308 e. The van der Waals surface area contributed by atoms with Gasteiger partial charge in [0.2, 0.25) is 0 Å². The van der Waals surface area contributed by atoms with Crippen LogP contribution in [-0.2, 0) is 18.4 Å². The lowest BCUT2D eigenvalue weighted by atomic mass is 9.74. The Bertz CT molecular complexity index is 1010. The molecule has 0 atom stereocenters.